The summed E-state index contributed by atoms with van der Waals surface area (Å²) in [6.07, 6.45) is 3.53. The van der Waals surface area contributed by atoms with Gasteiger partial charge in [0.1, 0.15) is 5.69 Å². The minimum Gasteiger partial charge on any atom is -0.349 e. The van der Waals surface area contributed by atoms with E-state index in [4.69, 9.17) is 11.6 Å². The molecule has 2 N–H and O–H groups in total. The van der Waals surface area contributed by atoms with Crippen LogP contribution in [0, 0.1) is 0 Å². The second-order valence-corrected chi connectivity index (χ2v) is 5.58. The molecule has 22 heavy (non-hydrogen) atoms. The second kappa shape index (κ2) is 6.15. The van der Waals surface area contributed by atoms with Crippen molar-refractivity contribution in [1.82, 2.24) is 10.3 Å². The molecule has 0 bridgehead atoms. The van der Waals surface area contributed by atoms with Gasteiger partial charge in [-0.05, 0) is 43.2 Å². The highest BCUT2D eigenvalue weighted by Gasteiger charge is 2.23. The molecule has 6 heteroatoms. The lowest BCUT2D eigenvalue weighted by atomic mass is 10.2. The van der Waals surface area contributed by atoms with Gasteiger partial charge in [0.05, 0.1) is 0 Å². The first-order valence-electron chi connectivity index (χ1n) is 6.95. The fraction of sp³-hybridized carbons (Fsp3) is 0.188. The molecule has 5 nitrogen and oxygen atoms in total. The van der Waals surface area contributed by atoms with E-state index >= 15 is 0 Å². The van der Waals surface area contributed by atoms with Gasteiger partial charge in [0, 0.05) is 28.5 Å². The number of halogens is 1. The first kappa shape index (κ1) is 14.5. The summed E-state index contributed by atoms with van der Waals surface area (Å²) in [7, 11) is 0. The van der Waals surface area contributed by atoms with Gasteiger partial charge in [-0.25, -0.2) is 0 Å². The summed E-state index contributed by atoms with van der Waals surface area (Å²) < 4.78 is 0. The first-order chi connectivity index (χ1) is 10.6. The number of aromatic nitrogens is 1. The minimum absolute atomic E-state index is 0.125. The lowest BCUT2D eigenvalue weighted by Gasteiger charge is -2.08. The summed E-state index contributed by atoms with van der Waals surface area (Å²) in [4.78, 5) is 28.1. The summed E-state index contributed by atoms with van der Waals surface area (Å²) in [5, 5.41) is 6.06. The molecule has 0 aliphatic heterocycles. The van der Waals surface area contributed by atoms with Gasteiger partial charge in [-0.15, -0.1) is 0 Å². The average molecular weight is 316 g/mol. The number of anilines is 1. The van der Waals surface area contributed by atoms with Crippen LogP contribution < -0.4 is 10.6 Å². The van der Waals surface area contributed by atoms with Gasteiger partial charge in [0.15, 0.2) is 0 Å². The molecule has 0 saturated heterocycles. The van der Waals surface area contributed by atoms with Gasteiger partial charge in [-0.2, -0.15) is 0 Å². The van der Waals surface area contributed by atoms with Crippen molar-refractivity contribution < 1.29 is 9.59 Å². The molecule has 3 rings (SSSR count). The third-order valence-electron chi connectivity index (χ3n) is 3.25. The number of hydrogen-bond donors (Lipinski definition) is 2. The molecule has 0 spiro atoms. The van der Waals surface area contributed by atoms with Gasteiger partial charge in [0.25, 0.3) is 11.8 Å². The first-order valence-corrected chi connectivity index (χ1v) is 7.33. The number of carbonyl (C=O) groups is 2. The van der Waals surface area contributed by atoms with E-state index in [1.165, 1.54) is 12.3 Å². The van der Waals surface area contributed by atoms with Gasteiger partial charge in [0.2, 0.25) is 0 Å². The maximum atomic E-state index is 12.1. The van der Waals surface area contributed by atoms with Gasteiger partial charge < -0.3 is 10.6 Å². The number of rotatable bonds is 4. The number of nitrogens with one attached hydrogen (secondary N) is 2. The normalized spacial score (nSPS) is 13.5. The predicted molar refractivity (Wildman–Crippen MR) is 84.1 cm³/mol. The Hall–Kier alpha value is -2.40. The van der Waals surface area contributed by atoms with Crippen molar-refractivity contribution >= 4 is 29.1 Å². The number of carbonyl (C=O) groups excluding carboxylic acids is 2. The van der Waals surface area contributed by atoms with Gasteiger partial charge in [-0.3, -0.25) is 14.6 Å². The Balaban J connectivity index is 1.72. The zero-order valence-corrected chi connectivity index (χ0v) is 12.4. The zero-order chi connectivity index (χ0) is 15.5. The second-order valence-electron chi connectivity index (χ2n) is 5.14. The van der Waals surface area contributed by atoms with Crippen LogP contribution in [0.1, 0.15) is 33.7 Å². The molecular weight excluding hydrogens is 302 g/mol. The maximum Gasteiger partial charge on any atom is 0.274 e. The van der Waals surface area contributed by atoms with Crippen LogP contribution in [0.5, 0.6) is 0 Å². The predicted octanol–water partition coefficient (Wildman–Crippen LogP) is 2.88. The van der Waals surface area contributed by atoms with E-state index < -0.39 is 0 Å². The van der Waals surface area contributed by atoms with Crippen LogP contribution >= 0.6 is 11.6 Å². The molecule has 1 aliphatic rings. The van der Waals surface area contributed by atoms with E-state index in [0.29, 0.717) is 22.3 Å². The molecule has 0 radical (unpaired) electrons. The Morgan fingerprint density at radius 3 is 2.68 bits per heavy atom. The number of hydrogen-bond acceptors (Lipinski definition) is 3. The molecule has 2 amide bonds. The van der Waals surface area contributed by atoms with Crippen LogP contribution in [-0.2, 0) is 0 Å². The topological polar surface area (TPSA) is 71.1 Å². The fourth-order valence-corrected chi connectivity index (χ4v) is 2.12. The minimum atomic E-state index is -0.373. The molecule has 0 unspecified atom stereocenters. The van der Waals surface area contributed by atoms with Crippen molar-refractivity contribution in [3.8, 4) is 0 Å². The van der Waals surface area contributed by atoms with E-state index in [0.717, 1.165) is 12.8 Å². The van der Waals surface area contributed by atoms with Crippen LogP contribution in [0.15, 0.2) is 42.6 Å². The summed E-state index contributed by atoms with van der Waals surface area (Å²) >= 11 is 5.84. The molecule has 1 aromatic heterocycles. The highest BCUT2D eigenvalue weighted by molar-refractivity contribution is 6.30. The van der Waals surface area contributed by atoms with E-state index in [-0.39, 0.29) is 17.5 Å². The largest absolute Gasteiger partial charge is 0.349 e. The number of benzene rings is 1. The lowest BCUT2D eigenvalue weighted by molar-refractivity contribution is 0.0949. The van der Waals surface area contributed by atoms with Crippen molar-refractivity contribution in [2.24, 2.45) is 0 Å². The Morgan fingerprint density at radius 2 is 1.95 bits per heavy atom. The van der Waals surface area contributed by atoms with Gasteiger partial charge >= 0.3 is 0 Å². The average Bonchev–Trinajstić information content (AvgIpc) is 3.31. The molecule has 1 saturated carbocycles. The summed E-state index contributed by atoms with van der Waals surface area (Å²) in [6.45, 7) is 0. The van der Waals surface area contributed by atoms with E-state index in [1.807, 2.05) is 0 Å². The highest BCUT2D eigenvalue weighted by atomic mass is 35.5. The molecule has 0 atom stereocenters. The Bertz CT molecular complexity index is 729. The lowest BCUT2D eigenvalue weighted by Crippen LogP contribution is -2.25. The molecule has 1 fully saturated rings. The van der Waals surface area contributed by atoms with Crippen LogP contribution in [0.2, 0.25) is 5.02 Å². The van der Waals surface area contributed by atoms with Crippen molar-refractivity contribution in [3.05, 3.63) is 58.9 Å². The number of amides is 2. The van der Waals surface area contributed by atoms with Crippen LogP contribution in [0.3, 0.4) is 0 Å². The molecule has 112 valence electrons. The van der Waals surface area contributed by atoms with Crippen molar-refractivity contribution in [3.63, 3.8) is 0 Å². The molecule has 1 heterocycles. The van der Waals surface area contributed by atoms with Crippen molar-refractivity contribution in [2.45, 2.75) is 18.9 Å². The van der Waals surface area contributed by atoms with E-state index in [9.17, 15) is 9.59 Å². The van der Waals surface area contributed by atoms with Crippen molar-refractivity contribution in [1.29, 1.82) is 0 Å². The third kappa shape index (κ3) is 3.62. The van der Waals surface area contributed by atoms with Crippen LogP contribution in [0.25, 0.3) is 0 Å². The molecule has 2 aromatic rings. The Morgan fingerprint density at radius 1 is 1.14 bits per heavy atom. The smallest absolute Gasteiger partial charge is 0.274 e. The monoisotopic (exact) mass is 315 g/mol. The third-order valence-corrected chi connectivity index (χ3v) is 3.48. The van der Waals surface area contributed by atoms with Gasteiger partial charge in [-0.1, -0.05) is 17.7 Å². The molecular formula is C16H14ClN3O2. The Labute approximate surface area is 132 Å². The summed E-state index contributed by atoms with van der Waals surface area (Å²) in [5.74, 6) is -0.498. The molecule has 1 aliphatic carbocycles. The highest BCUT2D eigenvalue weighted by Crippen LogP contribution is 2.20. The SMILES string of the molecule is O=C(NC1CC1)c1cccc(NC(=O)c2cc(Cl)ccn2)c1. The maximum absolute atomic E-state index is 12.1. The van der Waals surface area contributed by atoms with Crippen molar-refractivity contribution in [2.75, 3.05) is 5.32 Å². The number of nitrogens with zero attached hydrogens (tertiary/aromatic N) is 1. The zero-order valence-electron chi connectivity index (χ0n) is 11.7. The molecule has 1 aromatic carbocycles. The van der Waals surface area contributed by atoms with Crippen LogP contribution in [-0.4, -0.2) is 22.8 Å². The quantitative estimate of drug-likeness (QED) is 0.911. The fourth-order valence-electron chi connectivity index (χ4n) is 1.96. The summed E-state index contributed by atoms with van der Waals surface area (Å²) in [6, 6.07) is 10.2. The van der Waals surface area contributed by atoms with E-state index in [1.54, 1.807) is 30.3 Å². The summed E-state index contributed by atoms with van der Waals surface area (Å²) in [5.41, 5.74) is 1.28. The Kier molecular flexibility index (Phi) is 4.06. The van der Waals surface area contributed by atoms with Crippen LogP contribution in [0.4, 0.5) is 5.69 Å². The number of pyridine rings is 1. The standard InChI is InChI=1S/C16H14ClN3O2/c17-11-6-7-18-14(9-11)16(22)20-13-3-1-2-10(8-13)15(21)19-12-4-5-12/h1-3,6-9,12H,4-5H2,(H,19,21)(H,20,22). The van der Waals surface area contributed by atoms with E-state index in [2.05, 4.69) is 15.6 Å².